The molecule has 1 aromatic carbocycles. The van der Waals surface area contributed by atoms with E-state index in [9.17, 15) is 9.59 Å². The highest BCUT2D eigenvalue weighted by atomic mass is 35.5. The third kappa shape index (κ3) is 3.75. The van der Waals surface area contributed by atoms with E-state index in [4.69, 9.17) is 10.5 Å². The molecule has 0 saturated carbocycles. The van der Waals surface area contributed by atoms with Gasteiger partial charge < -0.3 is 15.8 Å². The van der Waals surface area contributed by atoms with Crippen molar-refractivity contribution in [3.63, 3.8) is 0 Å². The van der Waals surface area contributed by atoms with Gasteiger partial charge in [0.1, 0.15) is 5.75 Å². The molecule has 0 spiro atoms. The van der Waals surface area contributed by atoms with Gasteiger partial charge in [-0.1, -0.05) is 0 Å². The fourth-order valence-electron chi connectivity index (χ4n) is 3.03. The second-order valence-electron chi connectivity index (χ2n) is 6.18. The largest absolute Gasteiger partial charge is 0.497 e. The molecule has 0 unspecified atom stereocenters. The molecule has 4 N–H and O–H groups in total. The molecule has 144 valence electrons. The van der Waals surface area contributed by atoms with Crippen LogP contribution in [0.4, 0.5) is 11.4 Å². The van der Waals surface area contributed by atoms with Crippen LogP contribution >= 0.6 is 12.4 Å². The average Bonchev–Trinajstić information content (AvgIpc) is 2.87. The van der Waals surface area contributed by atoms with E-state index in [1.807, 2.05) is 13.8 Å². The fraction of sp³-hybridized carbons (Fsp3) is 0.278. The fourth-order valence-corrected chi connectivity index (χ4v) is 3.03. The number of nitrogen functional groups attached to an aromatic ring is 1. The van der Waals surface area contributed by atoms with Gasteiger partial charge >= 0.3 is 0 Å². The molecule has 3 rings (SSSR count). The van der Waals surface area contributed by atoms with E-state index in [-0.39, 0.29) is 30.3 Å². The smallest absolute Gasteiger partial charge is 0.273 e. The van der Waals surface area contributed by atoms with Gasteiger partial charge in [-0.3, -0.25) is 19.4 Å². The number of hydrogen-bond donors (Lipinski definition) is 3. The van der Waals surface area contributed by atoms with Crippen molar-refractivity contribution in [3.05, 3.63) is 45.4 Å². The first-order valence-corrected chi connectivity index (χ1v) is 8.10. The summed E-state index contributed by atoms with van der Waals surface area (Å²) in [4.78, 5) is 29.1. The summed E-state index contributed by atoms with van der Waals surface area (Å²) >= 11 is 0. The molecule has 0 bridgehead atoms. The van der Waals surface area contributed by atoms with Crippen molar-refractivity contribution in [3.8, 4) is 5.75 Å². The number of hydrogen-bond acceptors (Lipinski definition) is 5. The summed E-state index contributed by atoms with van der Waals surface area (Å²) in [6.07, 6.45) is 0.0889. The Balaban J connectivity index is 0.00000261. The quantitative estimate of drug-likeness (QED) is 0.589. The van der Waals surface area contributed by atoms with Crippen LogP contribution in [0.15, 0.2) is 23.0 Å². The maximum atomic E-state index is 12.5. The summed E-state index contributed by atoms with van der Waals surface area (Å²) in [6.45, 7) is 3.65. The zero-order chi connectivity index (χ0) is 19.0. The van der Waals surface area contributed by atoms with Crippen LogP contribution in [0.25, 0.3) is 11.0 Å². The summed E-state index contributed by atoms with van der Waals surface area (Å²) < 4.78 is 6.74. The van der Waals surface area contributed by atoms with Crippen LogP contribution in [0, 0.1) is 13.8 Å². The van der Waals surface area contributed by atoms with Gasteiger partial charge in [-0.15, -0.1) is 12.4 Å². The Morgan fingerprint density at radius 3 is 2.74 bits per heavy atom. The van der Waals surface area contributed by atoms with Crippen LogP contribution in [-0.2, 0) is 18.3 Å². The number of H-pyrrole nitrogens is 1. The number of nitrogens with one attached hydrogen (secondary N) is 2. The molecule has 2 aromatic heterocycles. The number of carbonyl (C=O) groups is 1. The van der Waals surface area contributed by atoms with Crippen molar-refractivity contribution in [1.29, 1.82) is 0 Å². The van der Waals surface area contributed by atoms with E-state index >= 15 is 0 Å². The van der Waals surface area contributed by atoms with E-state index in [2.05, 4.69) is 15.4 Å². The van der Waals surface area contributed by atoms with Gasteiger partial charge in [0.2, 0.25) is 5.91 Å². The molecule has 1 amide bonds. The van der Waals surface area contributed by atoms with E-state index in [1.54, 1.807) is 37.0 Å². The Bertz CT molecular complexity index is 1070. The van der Waals surface area contributed by atoms with Gasteiger partial charge in [-0.05, 0) is 37.1 Å². The van der Waals surface area contributed by atoms with E-state index in [0.717, 1.165) is 11.1 Å². The standard InChI is InChI=1S/C18H21N5O3.ClH/c1-9-12(10(2)20-17-16(9)18(25)22-23(17)3)8-15(24)21-14-7-11(26-4)5-6-13(14)19;/h5-7H,8,19H2,1-4H3,(H,21,24)(H,22,25);1H. The molecular weight excluding hydrogens is 370 g/mol. The molecular formula is C18H22ClN5O3. The van der Waals surface area contributed by atoms with Gasteiger partial charge in [0, 0.05) is 18.8 Å². The van der Waals surface area contributed by atoms with Crippen LogP contribution in [0.1, 0.15) is 16.8 Å². The first-order chi connectivity index (χ1) is 12.3. The zero-order valence-corrected chi connectivity index (χ0v) is 16.4. The second-order valence-corrected chi connectivity index (χ2v) is 6.18. The van der Waals surface area contributed by atoms with Crippen LogP contribution in [-0.4, -0.2) is 27.8 Å². The molecule has 0 aliphatic carbocycles. The maximum Gasteiger partial charge on any atom is 0.273 e. The number of aromatic amines is 1. The Morgan fingerprint density at radius 2 is 2.07 bits per heavy atom. The van der Waals surface area contributed by atoms with Gasteiger partial charge in [0.05, 0.1) is 30.3 Å². The Kier molecular flexibility index (Phi) is 5.80. The number of anilines is 2. The predicted molar refractivity (Wildman–Crippen MR) is 108 cm³/mol. The van der Waals surface area contributed by atoms with Crippen molar-refractivity contribution in [2.75, 3.05) is 18.2 Å². The lowest BCUT2D eigenvalue weighted by Crippen LogP contribution is -2.17. The van der Waals surface area contributed by atoms with Gasteiger partial charge in [0.25, 0.3) is 5.56 Å². The van der Waals surface area contributed by atoms with Crippen LogP contribution in [0.2, 0.25) is 0 Å². The number of fused-ring (bicyclic) bond motifs is 1. The lowest BCUT2D eigenvalue weighted by Gasteiger charge is -2.13. The number of rotatable bonds is 4. The number of halogens is 1. The first kappa shape index (κ1) is 20.3. The average molecular weight is 392 g/mol. The number of nitrogens with two attached hydrogens (primary N) is 1. The highest BCUT2D eigenvalue weighted by Crippen LogP contribution is 2.25. The molecule has 8 nitrogen and oxygen atoms in total. The Hall–Kier alpha value is -3.00. The van der Waals surface area contributed by atoms with Crippen molar-refractivity contribution in [2.45, 2.75) is 20.3 Å². The SMILES string of the molecule is COc1ccc(N)c(NC(=O)Cc2c(C)nc3c(c2C)c(=O)[nH]n3C)c1.Cl. The minimum Gasteiger partial charge on any atom is -0.497 e. The van der Waals surface area contributed by atoms with E-state index in [1.165, 1.54) is 0 Å². The molecule has 0 atom stereocenters. The van der Waals surface area contributed by atoms with Crippen molar-refractivity contribution in [1.82, 2.24) is 14.8 Å². The zero-order valence-electron chi connectivity index (χ0n) is 15.5. The summed E-state index contributed by atoms with van der Waals surface area (Å²) in [5.41, 5.74) is 9.39. The minimum atomic E-state index is -0.246. The predicted octanol–water partition coefficient (Wildman–Crippen LogP) is 2.07. The van der Waals surface area contributed by atoms with E-state index < -0.39 is 0 Å². The third-order valence-electron chi connectivity index (χ3n) is 4.45. The highest BCUT2D eigenvalue weighted by molar-refractivity contribution is 5.96. The lowest BCUT2D eigenvalue weighted by molar-refractivity contribution is -0.115. The number of aryl methyl sites for hydroxylation is 3. The summed E-state index contributed by atoms with van der Waals surface area (Å²) in [6, 6.07) is 5.05. The molecule has 9 heteroatoms. The molecule has 0 radical (unpaired) electrons. The summed E-state index contributed by atoms with van der Waals surface area (Å²) in [5.74, 6) is 0.352. The van der Waals surface area contributed by atoms with Crippen LogP contribution in [0.5, 0.6) is 5.75 Å². The molecule has 0 saturated heterocycles. The first-order valence-electron chi connectivity index (χ1n) is 8.10. The summed E-state index contributed by atoms with van der Waals surface area (Å²) in [5, 5.41) is 5.99. The topological polar surface area (TPSA) is 115 Å². The maximum absolute atomic E-state index is 12.5. The number of pyridine rings is 1. The molecule has 0 aliphatic heterocycles. The van der Waals surface area contributed by atoms with Crippen molar-refractivity contribution >= 4 is 40.7 Å². The Labute approximate surface area is 162 Å². The lowest BCUT2D eigenvalue weighted by atomic mass is 10.0. The molecule has 27 heavy (non-hydrogen) atoms. The van der Waals surface area contributed by atoms with Crippen LogP contribution < -0.4 is 21.3 Å². The molecule has 2 heterocycles. The number of nitrogens with zero attached hydrogens (tertiary/aromatic N) is 2. The number of ether oxygens (including phenoxy) is 1. The van der Waals surface area contributed by atoms with Crippen LogP contribution in [0.3, 0.4) is 0 Å². The minimum absolute atomic E-state index is 0. The molecule has 0 aliphatic rings. The summed E-state index contributed by atoms with van der Waals surface area (Å²) in [7, 11) is 3.27. The third-order valence-corrected chi connectivity index (χ3v) is 4.45. The number of carbonyl (C=O) groups excluding carboxylic acids is 1. The molecule has 0 fully saturated rings. The van der Waals surface area contributed by atoms with Gasteiger partial charge in [-0.2, -0.15) is 0 Å². The van der Waals surface area contributed by atoms with E-state index in [0.29, 0.717) is 33.9 Å². The highest BCUT2D eigenvalue weighted by Gasteiger charge is 2.18. The number of aromatic nitrogens is 3. The normalized spacial score (nSPS) is 10.5. The second kappa shape index (κ2) is 7.71. The van der Waals surface area contributed by atoms with Gasteiger partial charge in [-0.25, -0.2) is 4.98 Å². The number of amides is 1. The Morgan fingerprint density at radius 1 is 1.37 bits per heavy atom. The van der Waals surface area contributed by atoms with Crippen molar-refractivity contribution in [2.24, 2.45) is 7.05 Å². The number of benzene rings is 1. The van der Waals surface area contributed by atoms with Crippen molar-refractivity contribution < 1.29 is 9.53 Å². The monoisotopic (exact) mass is 391 g/mol. The molecule has 3 aromatic rings. The van der Waals surface area contributed by atoms with Gasteiger partial charge in [0.15, 0.2) is 5.65 Å². The number of methoxy groups -OCH3 is 1.